The van der Waals surface area contributed by atoms with Crippen LogP contribution >= 0.6 is 11.6 Å². The maximum Gasteiger partial charge on any atom is 0.416 e. The summed E-state index contributed by atoms with van der Waals surface area (Å²) in [6.07, 6.45) is 1.87. The first-order chi connectivity index (χ1) is 14.8. The van der Waals surface area contributed by atoms with Gasteiger partial charge in [0.2, 0.25) is 0 Å². The minimum absolute atomic E-state index is 0.0655. The predicted octanol–water partition coefficient (Wildman–Crippen LogP) is 3.76. The fraction of sp³-hybridized carbons (Fsp3) is 0.348. The maximum atomic E-state index is 13.1. The number of aliphatic carboxylic acids is 1. The Morgan fingerprint density at radius 3 is 2.48 bits per heavy atom. The highest BCUT2D eigenvalue weighted by Crippen LogP contribution is 2.42. The summed E-state index contributed by atoms with van der Waals surface area (Å²) < 4.78 is 5.52. The first-order valence-electron chi connectivity index (χ1n) is 10.1. The third-order valence-electron chi connectivity index (χ3n) is 5.72. The van der Waals surface area contributed by atoms with E-state index in [2.05, 4.69) is 0 Å². The molecular formula is C23H25ClN2O5. The zero-order valence-corrected chi connectivity index (χ0v) is 18.0. The number of ether oxygens (including phenoxy) is 1. The van der Waals surface area contributed by atoms with Gasteiger partial charge in [-0.05, 0) is 49.4 Å². The molecule has 0 aliphatic heterocycles. The Bertz CT molecular complexity index is 978. The first kappa shape index (κ1) is 22.8. The number of rotatable bonds is 6. The van der Waals surface area contributed by atoms with Gasteiger partial charge in [0.15, 0.2) is 5.78 Å². The standard InChI is InChI=1S/C23H25ClN2O5/c1-26(22(30)31-16-11-9-15(10-12-16)14-19(25)21(28)29)23(13-5-4-8-20(23)27)17-6-2-3-7-18(17)24/h2-3,6-7,9-12,19H,4-5,8,13-14,25H2,1H3,(H,28,29)/t19-,23-/m0/s1. The molecule has 0 radical (unpaired) electrons. The monoisotopic (exact) mass is 444 g/mol. The third kappa shape index (κ3) is 4.73. The molecule has 0 aromatic heterocycles. The summed E-state index contributed by atoms with van der Waals surface area (Å²) in [5.41, 5.74) is 5.67. The van der Waals surface area contributed by atoms with Crippen LogP contribution in [0.25, 0.3) is 0 Å². The number of Topliss-reactive ketones (excluding diaryl/α,β-unsaturated/α-hetero) is 1. The minimum Gasteiger partial charge on any atom is -0.480 e. The third-order valence-corrected chi connectivity index (χ3v) is 6.05. The molecular weight excluding hydrogens is 420 g/mol. The van der Waals surface area contributed by atoms with Gasteiger partial charge in [0.05, 0.1) is 0 Å². The Morgan fingerprint density at radius 2 is 1.87 bits per heavy atom. The van der Waals surface area contributed by atoms with Crippen molar-refractivity contribution in [2.75, 3.05) is 7.05 Å². The van der Waals surface area contributed by atoms with E-state index in [1.54, 1.807) is 55.6 Å². The van der Waals surface area contributed by atoms with E-state index in [0.717, 1.165) is 12.8 Å². The van der Waals surface area contributed by atoms with Crippen molar-refractivity contribution < 1.29 is 24.2 Å². The number of benzene rings is 2. The second-order valence-electron chi connectivity index (χ2n) is 7.69. The molecule has 8 heteroatoms. The minimum atomic E-state index is -1.18. The molecule has 0 bridgehead atoms. The van der Waals surface area contributed by atoms with Crippen LogP contribution in [0, 0.1) is 0 Å². The maximum absolute atomic E-state index is 13.1. The SMILES string of the molecule is CN(C(=O)Oc1ccc(C[C@H](N)C(=O)O)cc1)[C@]1(c2ccccc2Cl)CCCCC1=O. The lowest BCUT2D eigenvalue weighted by Gasteiger charge is -2.43. The van der Waals surface area contributed by atoms with Crippen LogP contribution in [0.4, 0.5) is 4.79 Å². The Hall–Kier alpha value is -2.90. The van der Waals surface area contributed by atoms with Crippen molar-refractivity contribution in [3.8, 4) is 5.75 Å². The fourth-order valence-corrected chi connectivity index (χ4v) is 4.28. The van der Waals surface area contributed by atoms with E-state index in [1.165, 1.54) is 4.90 Å². The number of hydrogen-bond donors (Lipinski definition) is 2. The lowest BCUT2D eigenvalue weighted by molar-refractivity contribution is -0.138. The Kier molecular flexibility index (Phi) is 6.97. The number of likely N-dealkylation sites (N-methyl/N-ethyl adjacent to an activating group) is 1. The molecule has 0 heterocycles. The number of carboxylic acids is 1. The summed E-state index contributed by atoms with van der Waals surface area (Å²) in [6.45, 7) is 0. The number of ketones is 1. The van der Waals surface area contributed by atoms with Crippen molar-refractivity contribution in [3.05, 3.63) is 64.7 Å². The van der Waals surface area contributed by atoms with Gasteiger partial charge in [-0.3, -0.25) is 14.5 Å². The van der Waals surface area contributed by atoms with Crippen LogP contribution in [0.2, 0.25) is 5.02 Å². The predicted molar refractivity (Wildman–Crippen MR) is 116 cm³/mol. The Balaban J connectivity index is 1.82. The summed E-state index contributed by atoms with van der Waals surface area (Å²) >= 11 is 6.42. The van der Waals surface area contributed by atoms with Gasteiger partial charge in [-0.15, -0.1) is 0 Å². The molecule has 2 atom stereocenters. The van der Waals surface area contributed by atoms with E-state index >= 15 is 0 Å². The summed E-state index contributed by atoms with van der Waals surface area (Å²) in [6, 6.07) is 12.5. The van der Waals surface area contributed by atoms with Gasteiger partial charge in [0.25, 0.3) is 0 Å². The van der Waals surface area contributed by atoms with Crippen molar-refractivity contribution >= 4 is 29.4 Å². The molecule has 3 rings (SSSR count). The number of halogens is 1. The van der Waals surface area contributed by atoms with Crippen LogP contribution in [0.5, 0.6) is 5.75 Å². The first-order valence-corrected chi connectivity index (χ1v) is 10.4. The molecule has 31 heavy (non-hydrogen) atoms. The summed E-state index contributed by atoms with van der Waals surface area (Å²) in [5.74, 6) is -0.870. The fourth-order valence-electron chi connectivity index (χ4n) is 3.99. The molecule has 0 spiro atoms. The van der Waals surface area contributed by atoms with E-state index in [9.17, 15) is 14.4 Å². The lowest BCUT2D eigenvalue weighted by atomic mass is 9.74. The summed E-state index contributed by atoms with van der Waals surface area (Å²) in [7, 11) is 1.55. The number of carbonyl (C=O) groups excluding carboxylic acids is 2. The second-order valence-corrected chi connectivity index (χ2v) is 8.10. The van der Waals surface area contributed by atoms with E-state index in [0.29, 0.717) is 29.0 Å². The van der Waals surface area contributed by atoms with Crippen LogP contribution in [0.1, 0.15) is 36.8 Å². The zero-order chi connectivity index (χ0) is 22.6. The number of carboxylic acid groups (broad SMARTS) is 1. The molecule has 2 aromatic carbocycles. The van der Waals surface area contributed by atoms with Gasteiger partial charge in [-0.1, -0.05) is 41.9 Å². The van der Waals surface area contributed by atoms with Crippen molar-refractivity contribution in [2.45, 2.75) is 43.7 Å². The molecule has 1 aliphatic carbocycles. The molecule has 1 saturated carbocycles. The molecule has 0 saturated heterocycles. The van der Waals surface area contributed by atoms with E-state index in [4.69, 9.17) is 27.2 Å². The smallest absolute Gasteiger partial charge is 0.416 e. The lowest BCUT2D eigenvalue weighted by Crippen LogP contribution is -2.55. The highest BCUT2D eigenvalue weighted by Gasteiger charge is 2.48. The van der Waals surface area contributed by atoms with Crippen LogP contribution < -0.4 is 10.5 Å². The molecule has 7 nitrogen and oxygen atoms in total. The van der Waals surface area contributed by atoms with Crippen molar-refractivity contribution in [2.24, 2.45) is 5.73 Å². The Labute approximate surface area is 185 Å². The van der Waals surface area contributed by atoms with Crippen LogP contribution in [-0.4, -0.2) is 40.9 Å². The van der Waals surface area contributed by atoms with Crippen molar-refractivity contribution in [1.29, 1.82) is 0 Å². The quantitative estimate of drug-likeness (QED) is 0.701. The van der Waals surface area contributed by atoms with Gasteiger partial charge < -0.3 is 15.6 Å². The molecule has 1 fully saturated rings. The molecule has 0 unspecified atom stereocenters. The Morgan fingerprint density at radius 1 is 1.19 bits per heavy atom. The van der Waals surface area contributed by atoms with Gasteiger partial charge in [-0.2, -0.15) is 0 Å². The van der Waals surface area contributed by atoms with Gasteiger partial charge >= 0.3 is 12.1 Å². The van der Waals surface area contributed by atoms with E-state index in [1.807, 2.05) is 0 Å². The molecule has 164 valence electrons. The van der Waals surface area contributed by atoms with Gasteiger partial charge in [0.1, 0.15) is 17.3 Å². The number of nitrogens with zero attached hydrogens (tertiary/aromatic N) is 1. The number of carbonyl (C=O) groups is 3. The highest BCUT2D eigenvalue weighted by atomic mass is 35.5. The van der Waals surface area contributed by atoms with Crippen LogP contribution in [0.3, 0.4) is 0 Å². The van der Waals surface area contributed by atoms with E-state index < -0.39 is 23.6 Å². The molecule has 1 amide bonds. The van der Waals surface area contributed by atoms with Crippen molar-refractivity contribution in [3.63, 3.8) is 0 Å². The summed E-state index contributed by atoms with van der Waals surface area (Å²) in [4.78, 5) is 38.4. The molecule has 2 aromatic rings. The largest absolute Gasteiger partial charge is 0.480 e. The van der Waals surface area contributed by atoms with Crippen LogP contribution in [-0.2, 0) is 21.5 Å². The normalized spacial score (nSPS) is 19.5. The number of hydrogen-bond acceptors (Lipinski definition) is 5. The average Bonchev–Trinajstić information content (AvgIpc) is 2.75. The van der Waals surface area contributed by atoms with Gasteiger partial charge in [0, 0.05) is 24.1 Å². The zero-order valence-electron chi connectivity index (χ0n) is 17.2. The topological polar surface area (TPSA) is 110 Å². The molecule has 3 N–H and O–H groups in total. The van der Waals surface area contributed by atoms with Crippen LogP contribution in [0.15, 0.2) is 48.5 Å². The average molecular weight is 445 g/mol. The highest BCUT2D eigenvalue weighted by molar-refractivity contribution is 6.31. The number of nitrogens with two attached hydrogens (primary N) is 1. The molecule has 1 aliphatic rings. The number of amides is 1. The summed E-state index contributed by atoms with van der Waals surface area (Å²) in [5, 5.41) is 9.35. The van der Waals surface area contributed by atoms with Crippen molar-refractivity contribution in [1.82, 2.24) is 4.90 Å². The van der Waals surface area contributed by atoms with E-state index in [-0.39, 0.29) is 18.0 Å². The second kappa shape index (κ2) is 9.49. The van der Waals surface area contributed by atoms with Gasteiger partial charge in [-0.25, -0.2) is 4.79 Å².